The predicted molar refractivity (Wildman–Crippen MR) is 31.1 cm³/mol. The first-order valence-electron chi connectivity index (χ1n) is 2.27. The quantitative estimate of drug-likeness (QED) is 0.450. The molecule has 0 aromatic carbocycles. The second kappa shape index (κ2) is 6.22. The Bertz CT molecular complexity index is 116. The fraction of sp³-hybridized carbons (Fsp3) is 0.333. The molecule has 0 radical (unpaired) electrons. The van der Waals surface area contributed by atoms with Gasteiger partial charge in [-0.25, -0.2) is 0 Å². The highest BCUT2D eigenvalue weighted by Gasteiger charge is 1.60. The smallest absolute Gasteiger partial charge is 0.104 e. The molecular weight excluding hydrogens is 104 g/mol. The summed E-state index contributed by atoms with van der Waals surface area (Å²) in [7, 11) is 0. The summed E-state index contributed by atoms with van der Waals surface area (Å²) >= 11 is 0. The van der Waals surface area contributed by atoms with Crippen molar-refractivity contribution in [3.05, 3.63) is 12.2 Å². The molecule has 0 atom stereocenters. The zero-order valence-corrected chi connectivity index (χ0v) is 4.46. The van der Waals surface area contributed by atoms with E-state index in [1.54, 1.807) is 0 Å². The van der Waals surface area contributed by atoms with Crippen LogP contribution in [0.5, 0.6) is 0 Å². The van der Waals surface area contributed by atoms with E-state index in [-0.39, 0.29) is 13.2 Å². The zero-order chi connectivity index (χ0) is 6.24. The second-order valence-electron chi connectivity index (χ2n) is 1.06. The van der Waals surface area contributed by atoms with E-state index in [1.165, 1.54) is 12.2 Å². The monoisotopic (exact) mass is 112 g/mol. The summed E-state index contributed by atoms with van der Waals surface area (Å²) in [4.78, 5) is 0. The van der Waals surface area contributed by atoms with Crippen LogP contribution in [0.2, 0.25) is 0 Å². The van der Waals surface area contributed by atoms with Gasteiger partial charge in [-0.3, -0.25) is 0 Å². The molecule has 0 saturated heterocycles. The van der Waals surface area contributed by atoms with Gasteiger partial charge in [-0.1, -0.05) is 17.9 Å². The molecule has 0 amide bonds. The van der Waals surface area contributed by atoms with Crippen LogP contribution in [0.4, 0.5) is 0 Å². The van der Waals surface area contributed by atoms with Crippen LogP contribution in [-0.4, -0.2) is 23.4 Å². The molecule has 44 valence electrons. The van der Waals surface area contributed by atoms with Crippen LogP contribution in [0, 0.1) is 11.8 Å². The predicted octanol–water partition coefficient (Wildman–Crippen LogP) is -0.469. The van der Waals surface area contributed by atoms with E-state index in [1.807, 2.05) is 0 Å². The zero-order valence-electron chi connectivity index (χ0n) is 4.46. The normalized spacial score (nSPS) is 8.75. The molecule has 0 bridgehead atoms. The number of hydrogen-bond acceptors (Lipinski definition) is 2. The van der Waals surface area contributed by atoms with E-state index < -0.39 is 0 Å². The molecule has 0 rings (SSSR count). The Morgan fingerprint density at radius 2 is 2.12 bits per heavy atom. The van der Waals surface area contributed by atoms with Gasteiger partial charge in [0.25, 0.3) is 0 Å². The van der Waals surface area contributed by atoms with E-state index in [2.05, 4.69) is 11.8 Å². The van der Waals surface area contributed by atoms with Crippen molar-refractivity contribution in [2.75, 3.05) is 13.2 Å². The van der Waals surface area contributed by atoms with Gasteiger partial charge in [0.2, 0.25) is 0 Å². The molecule has 0 aliphatic rings. The summed E-state index contributed by atoms with van der Waals surface area (Å²) in [6.45, 7) is -0.129. The van der Waals surface area contributed by atoms with Crippen molar-refractivity contribution < 1.29 is 10.2 Å². The third-order valence-electron chi connectivity index (χ3n) is 0.488. The largest absolute Gasteiger partial charge is 0.392 e. The molecule has 0 aliphatic heterocycles. The summed E-state index contributed by atoms with van der Waals surface area (Å²) in [5.74, 6) is 4.89. The van der Waals surface area contributed by atoms with Gasteiger partial charge in [-0.05, 0) is 6.08 Å². The summed E-state index contributed by atoms with van der Waals surface area (Å²) in [5.41, 5.74) is 0. The Kier molecular flexibility index (Phi) is 5.61. The summed E-state index contributed by atoms with van der Waals surface area (Å²) in [5, 5.41) is 16.2. The van der Waals surface area contributed by atoms with E-state index in [0.717, 1.165) is 0 Å². The minimum Gasteiger partial charge on any atom is -0.392 e. The Morgan fingerprint density at radius 3 is 2.62 bits per heavy atom. The first-order chi connectivity index (χ1) is 3.91. The van der Waals surface area contributed by atoms with Crippen molar-refractivity contribution in [3.8, 4) is 11.8 Å². The van der Waals surface area contributed by atoms with Crippen LogP contribution in [0.25, 0.3) is 0 Å². The third kappa shape index (κ3) is 5.22. The number of hydrogen-bond donors (Lipinski definition) is 2. The molecule has 0 aromatic rings. The van der Waals surface area contributed by atoms with Crippen LogP contribution < -0.4 is 0 Å². The topological polar surface area (TPSA) is 40.5 Å². The highest BCUT2D eigenvalue weighted by molar-refractivity contribution is 5.14. The first-order valence-corrected chi connectivity index (χ1v) is 2.27. The molecule has 8 heavy (non-hydrogen) atoms. The minimum atomic E-state index is -0.129. The molecule has 0 aromatic heterocycles. The van der Waals surface area contributed by atoms with Gasteiger partial charge in [0.15, 0.2) is 0 Å². The summed E-state index contributed by atoms with van der Waals surface area (Å²) in [6, 6.07) is 0. The number of rotatable bonds is 1. The van der Waals surface area contributed by atoms with Gasteiger partial charge < -0.3 is 10.2 Å². The highest BCUT2D eigenvalue weighted by Crippen LogP contribution is 1.64. The van der Waals surface area contributed by atoms with E-state index in [0.29, 0.717) is 0 Å². The number of allylic oxidation sites excluding steroid dienone is 1. The highest BCUT2D eigenvalue weighted by atomic mass is 16.3. The molecule has 2 N–H and O–H groups in total. The Morgan fingerprint density at radius 1 is 1.38 bits per heavy atom. The molecule has 0 spiro atoms. The first kappa shape index (κ1) is 7.22. The van der Waals surface area contributed by atoms with Crippen LogP contribution >= 0.6 is 0 Å². The molecule has 0 heterocycles. The lowest BCUT2D eigenvalue weighted by Crippen LogP contribution is -1.70. The lowest BCUT2D eigenvalue weighted by atomic mass is 10.5. The molecule has 0 unspecified atom stereocenters. The molecule has 0 saturated carbocycles. The van der Waals surface area contributed by atoms with Crippen molar-refractivity contribution in [2.24, 2.45) is 0 Å². The van der Waals surface area contributed by atoms with E-state index in [4.69, 9.17) is 10.2 Å². The van der Waals surface area contributed by atoms with Crippen molar-refractivity contribution >= 4 is 0 Å². The van der Waals surface area contributed by atoms with Gasteiger partial charge in [-0.2, -0.15) is 0 Å². The fourth-order valence-electron chi connectivity index (χ4n) is 0.216. The Labute approximate surface area is 48.5 Å². The van der Waals surface area contributed by atoms with Gasteiger partial charge in [0, 0.05) is 0 Å². The van der Waals surface area contributed by atoms with Gasteiger partial charge >= 0.3 is 0 Å². The molecule has 2 nitrogen and oxygen atoms in total. The van der Waals surface area contributed by atoms with Crippen molar-refractivity contribution in [1.29, 1.82) is 0 Å². The maximum absolute atomic E-state index is 8.15. The van der Waals surface area contributed by atoms with E-state index >= 15 is 0 Å². The fourth-order valence-corrected chi connectivity index (χ4v) is 0.216. The van der Waals surface area contributed by atoms with Crippen LogP contribution in [0.15, 0.2) is 12.2 Å². The number of aliphatic hydroxyl groups is 2. The lowest BCUT2D eigenvalue weighted by Gasteiger charge is -1.69. The standard InChI is InChI=1S/C6H8O2/c7-5-3-1-2-4-6-8/h1,3,7-8H,5-6H2/b3-1+. The van der Waals surface area contributed by atoms with Crippen LogP contribution in [-0.2, 0) is 0 Å². The van der Waals surface area contributed by atoms with Crippen molar-refractivity contribution in [1.82, 2.24) is 0 Å². The summed E-state index contributed by atoms with van der Waals surface area (Å²) in [6.07, 6.45) is 3.00. The average Bonchev–Trinajstić information content (AvgIpc) is 1.81. The van der Waals surface area contributed by atoms with Gasteiger partial charge in [-0.15, -0.1) is 0 Å². The van der Waals surface area contributed by atoms with Crippen molar-refractivity contribution in [3.63, 3.8) is 0 Å². The third-order valence-corrected chi connectivity index (χ3v) is 0.488. The lowest BCUT2D eigenvalue weighted by molar-refractivity contribution is 0.342. The molecule has 2 heteroatoms. The Hall–Kier alpha value is -0.780. The molecular formula is C6H8O2. The maximum Gasteiger partial charge on any atom is 0.104 e. The maximum atomic E-state index is 8.15. The number of aliphatic hydroxyl groups excluding tert-OH is 2. The molecule has 0 aliphatic carbocycles. The SMILES string of the molecule is OCC#C/C=C/CO. The summed E-state index contributed by atoms with van der Waals surface area (Å²) < 4.78 is 0. The average molecular weight is 112 g/mol. The Balaban J connectivity index is 3.26. The van der Waals surface area contributed by atoms with Crippen LogP contribution in [0.1, 0.15) is 0 Å². The van der Waals surface area contributed by atoms with E-state index in [9.17, 15) is 0 Å². The van der Waals surface area contributed by atoms with Crippen molar-refractivity contribution in [2.45, 2.75) is 0 Å². The van der Waals surface area contributed by atoms with Gasteiger partial charge in [0.05, 0.1) is 6.61 Å². The molecule has 0 fully saturated rings. The van der Waals surface area contributed by atoms with Gasteiger partial charge in [0.1, 0.15) is 6.61 Å². The minimum absolute atomic E-state index is 0.000108. The second-order valence-corrected chi connectivity index (χ2v) is 1.06. The van der Waals surface area contributed by atoms with Crippen LogP contribution in [0.3, 0.4) is 0 Å².